The average molecular weight is 295 g/mol. The first-order valence-electron chi connectivity index (χ1n) is 5.95. The lowest BCUT2D eigenvalue weighted by atomic mass is 10.1. The van der Waals surface area contributed by atoms with Crippen molar-refractivity contribution in [1.82, 2.24) is 0 Å². The van der Waals surface area contributed by atoms with Gasteiger partial charge in [0.2, 0.25) is 0 Å². The minimum absolute atomic E-state index is 0.217. The van der Waals surface area contributed by atoms with Gasteiger partial charge in [0.15, 0.2) is 11.6 Å². The Morgan fingerprint density at radius 1 is 1.05 bits per heavy atom. The average Bonchev–Trinajstić information content (AvgIpc) is 2.42. The van der Waals surface area contributed by atoms with E-state index < -0.39 is 29.0 Å². The van der Waals surface area contributed by atoms with Crippen molar-refractivity contribution in [2.45, 2.75) is 6.92 Å². The van der Waals surface area contributed by atoms with Gasteiger partial charge < -0.3 is 10.7 Å². The number of aryl methyl sites for hydroxylation is 1. The number of hydrazine groups is 1. The summed E-state index contributed by atoms with van der Waals surface area (Å²) in [6.45, 7) is 1.53. The molecule has 2 rings (SSSR count). The fourth-order valence-electron chi connectivity index (χ4n) is 1.77. The van der Waals surface area contributed by atoms with Gasteiger partial charge in [0.1, 0.15) is 11.5 Å². The molecule has 2 aromatic carbocycles. The molecule has 1 amide bonds. The number of anilines is 2. The second kappa shape index (κ2) is 5.84. The number of amides is 1. The van der Waals surface area contributed by atoms with Crippen molar-refractivity contribution < 1.29 is 18.0 Å². The number of halogens is 3. The van der Waals surface area contributed by atoms with Crippen LogP contribution in [0.25, 0.3) is 0 Å². The molecule has 4 N–H and O–H groups in total. The number of hydrogen-bond donors (Lipinski definition) is 3. The molecule has 0 unspecified atom stereocenters. The molecular weight excluding hydrogens is 283 g/mol. The van der Waals surface area contributed by atoms with E-state index in [1.807, 2.05) is 5.43 Å². The van der Waals surface area contributed by atoms with Crippen LogP contribution >= 0.6 is 0 Å². The van der Waals surface area contributed by atoms with Crippen LogP contribution in [0.3, 0.4) is 0 Å². The van der Waals surface area contributed by atoms with Crippen LogP contribution in [0.4, 0.5) is 24.5 Å². The Morgan fingerprint density at radius 3 is 2.19 bits per heavy atom. The number of benzene rings is 2. The molecule has 0 heterocycles. The molecule has 0 saturated carbocycles. The van der Waals surface area contributed by atoms with Crippen molar-refractivity contribution in [2.24, 2.45) is 5.84 Å². The van der Waals surface area contributed by atoms with Crippen LogP contribution in [0.1, 0.15) is 15.9 Å². The molecule has 2 aromatic rings. The van der Waals surface area contributed by atoms with Crippen LogP contribution in [0, 0.1) is 24.4 Å². The molecule has 0 aliphatic rings. The number of nitrogens with two attached hydrogens (primary N) is 1. The van der Waals surface area contributed by atoms with Crippen LogP contribution in [0.5, 0.6) is 0 Å². The summed E-state index contributed by atoms with van der Waals surface area (Å²) in [4.78, 5) is 11.9. The molecule has 0 bridgehead atoms. The van der Waals surface area contributed by atoms with E-state index in [1.54, 1.807) is 0 Å². The Labute approximate surface area is 118 Å². The van der Waals surface area contributed by atoms with E-state index in [2.05, 4.69) is 5.32 Å². The van der Waals surface area contributed by atoms with Crippen LogP contribution in [-0.4, -0.2) is 5.91 Å². The summed E-state index contributed by atoms with van der Waals surface area (Å²) in [5.41, 5.74) is 1.79. The van der Waals surface area contributed by atoms with Gasteiger partial charge in [-0.15, -0.1) is 0 Å². The third-order valence-electron chi connectivity index (χ3n) is 2.86. The number of nitrogen functional groups attached to an aromatic ring is 1. The monoisotopic (exact) mass is 295 g/mol. The molecule has 0 aliphatic heterocycles. The molecule has 21 heavy (non-hydrogen) atoms. The zero-order valence-corrected chi connectivity index (χ0v) is 11.0. The van der Waals surface area contributed by atoms with Gasteiger partial charge in [-0.05, 0) is 42.8 Å². The number of rotatable bonds is 3. The summed E-state index contributed by atoms with van der Waals surface area (Å²) in [6, 6.07) is 5.65. The van der Waals surface area contributed by atoms with Gasteiger partial charge in [0.05, 0.1) is 0 Å². The van der Waals surface area contributed by atoms with Crippen LogP contribution in [-0.2, 0) is 0 Å². The van der Waals surface area contributed by atoms with Crippen molar-refractivity contribution >= 4 is 17.3 Å². The van der Waals surface area contributed by atoms with Crippen LogP contribution < -0.4 is 16.6 Å². The van der Waals surface area contributed by atoms with Crippen molar-refractivity contribution in [3.05, 3.63) is 58.9 Å². The maximum Gasteiger partial charge on any atom is 0.255 e. The molecular formula is C14H12F3N3O. The largest absolute Gasteiger partial charge is 0.322 e. The summed E-state index contributed by atoms with van der Waals surface area (Å²) < 4.78 is 40.1. The van der Waals surface area contributed by atoms with Crippen LogP contribution in [0.2, 0.25) is 0 Å². The summed E-state index contributed by atoms with van der Waals surface area (Å²) in [6.07, 6.45) is 0. The minimum Gasteiger partial charge on any atom is -0.322 e. The van der Waals surface area contributed by atoms with Crippen molar-refractivity contribution in [1.29, 1.82) is 0 Å². The van der Waals surface area contributed by atoms with Gasteiger partial charge in [0.25, 0.3) is 5.91 Å². The second-order valence-electron chi connectivity index (χ2n) is 4.38. The predicted octanol–water partition coefficient (Wildman–Crippen LogP) is 2.95. The summed E-state index contributed by atoms with van der Waals surface area (Å²) in [5, 5.41) is 2.43. The van der Waals surface area contributed by atoms with Crippen molar-refractivity contribution in [3.63, 3.8) is 0 Å². The zero-order chi connectivity index (χ0) is 15.6. The standard InChI is InChI=1S/C14H12F3N3O/c1-7-4-9(2-3-10(7)15)19-14(21)8-5-11(16)13(20-18)12(17)6-8/h2-6,20H,18H2,1H3,(H,19,21). The van der Waals surface area contributed by atoms with E-state index in [0.29, 0.717) is 11.3 Å². The first kappa shape index (κ1) is 14.9. The zero-order valence-electron chi connectivity index (χ0n) is 11.0. The first-order chi connectivity index (χ1) is 9.92. The molecule has 0 atom stereocenters. The highest BCUT2D eigenvalue weighted by Gasteiger charge is 2.15. The lowest BCUT2D eigenvalue weighted by molar-refractivity contribution is 0.102. The lowest BCUT2D eigenvalue weighted by Crippen LogP contribution is -2.15. The van der Waals surface area contributed by atoms with Gasteiger partial charge >= 0.3 is 0 Å². The topological polar surface area (TPSA) is 67.2 Å². The van der Waals surface area contributed by atoms with Crippen LogP contribution in [0.15, 0.2) is 30.3 Å². The van der Waals surface area contributed by atoms with E-state index in [4.69, 9.17) is 5.84 Å². The number of nitrogens with one attached hydrogen (secondary N) is 2. The second-order valence-corrected chi connectivity index (χ2v) is 4.38. The van der Waals surface area contributed by atoms with E-state index in [0.717, 1.165) is 12.1 Å². The normalized spacial score (nSPS) is 10.3. The Hall–Kier alpha value is -2.54. The summed E-state index contributed by atoms with van der Waals surface area (Å²) in [7, 11) is 0. The van der Waals surface area contributed by atoms with Crippen molar-refractivity contribution in [3.8, 4) is 0 Å². The number of hydrogen-bond acceptors (Lipinski definition) is 3. The maximum atomic E-state index is 13.5. The van der Waals surface area contributed by atoms with Gasteiger partial charge in [-0.25, -0.2) is 13.2 Å². The molecule has 110 valence electrons. The van der Waals surface area contributed by atoms with E-state index in [-0.39, 0.29) is 5.56 Å². The predicted molar refractivity (Wildman–Crippen MR) is 73.3 cm³/mol. The molecule has 4 nitrogen and oxygen atoms in total. The van der Waals surface area contributed by atoms with E-state index >= 15 is 0 Å². The van der Waals surface area contributed by atoms with Gasteiger partial charge in [-0.1, -0.05) is 0 Å². The molecule has 0 saturated heterocycles. The van der Waals surface area contributed by atoms with E-state index in [9.17, 15) is 18.0 Å². The molecule has 0 aliphatic carbocycles. The lowest BCUT2D eigenvalue weighted by Gasteiger charge is -2.09. The first-order valence-corrected chi connectivity index (χ1v) is 5.95. The smallest absolute Gasteiger partial charge is 0.255 e. The summed E-state index contributed by atoms with van der Waals surface area (Å²) >= 11 is 0. The molecule has 0 aromatic heterocycles. The number of carbonyl (C=O) groups excluding carboxylic acids is 1. The molecule has 0 fully saturated rings. The van der Waals surface area contributed by atoms with Gasteiger partial charge in [0, 0.05) is 11.3 Å². The Bertz CT molecular complexity index is 681. The Balaban J connectivity index is 2.26. The molecule has 7 heteroatoms. The fraction of sp³-hybridized carbons (Fsp3) is 0.0714. The highest BCUT2D eigenvalue weighted by molar-refractivity contribution is 6.04. The molecule has 0 radical (unpaired) electrons. The third-order valence-corrected chi connectivity index (χ3v) is 2.86. The molecule has 0 spiro atoms. The number of carbonyl (C=O) groups is 1. The third kappa shape index (κ3) is 3.14. The quantitative estimate of drug-likeness (QED) is 0.602. The summed E-state index contributed by atoms with van der Waals surface area (Å²) in [5.74, 6) is 1.86. The fourth-order valence-corrected chi connectivity index (χ4v) is 1.77. The highest BCUT2D eigenvalue weighted by atomic mass is 19.1. The maximum absolute atomic E-state index is 13.5. The highest BCUT2D eigenvalue weighted by Crippen LogP contribution is 2.21. The van der Waals surface area contributed by atoms with Gasteiger partial charge in [-0.3, -0.25) is 10.6 Å². The van der Waals surface area contributed by atoms with Gasteiger partial charge in [-0.2, -0.15) is 0 Å². The Kier molecular flexibility index (Phi) is 4.13. The van der Waals surface area contributed by atoms with E-state index in [1.165, 1.54) is 25.1 Å². The van der Waals surface area contributed by atoms with Crippen molar-refractivity contribution in [2.75, 3.05) is 10.7 Å². The SMILES string of the molecule is Cc1cc(NC(=O)c2cc(F)c(NN)c(F)c2)ccc1F. The Morgan fingerprint density at radius 2 is 1.67 bits per heavy atom. The minimum atomic E-state index is -0.988.